The average molecular weight is 243 g/mol. The third-order valence-electron chi connectivity index (χ3n) is 3.18. The molecule has 2 rings (SSSR count). The predicted octanol–water partition coefficient (Wildman–Crippen LogP) is 3.50. The highest BCUT2D eigenvalue weighted by Gasteiger charge is 2.21. The molecule has 0 aromatic carbocycles. The van der Waals surface area contributed by atoms with Gasteiger partial charge in [-0.2, -0.15) is 0 Å². The normalized spacial score (nSPS) is 21.2. The zero-order valence-corrected chi connectivity index (χ0v) is 10.2. The summed E-state index contributed by atoms with van der Waals surface area (Å²) in [6.07, 6.45) is 5.01. The highest BCUT2D eigenvalue weighted by Crippen LogP contribution is 2.26. The Bertz CT molecular complexity index is 370. The Morgan fingerprint density at radius 2 is 2.44 bits per heavy atom. The van der Waals surface area contributed by atoms with Crippen LogP contribution >= 0.6 is 11.6 Å². The van der Waals surface area contributed by atoms with E-state index in [9.17, 15) is 4.39 Å². The molecule has 88 valence electrons. The van der Waals surface area contributed by atoms with Gasteiger partial charge >= 0.3 is 0 Å². The van der Waals surface area contributed by atoms with Crippen molar-refractivity contribution >= 4 is 17.4 Å². The van der Waals surface area contributed by atoms with Gasteiger partial charge in [-0.25, -0.2) is 9.37 Å². The van der Waals surface area contributed by atoms with Crippen LogP contribution in [-0.2, 0) is 0 Å². The molecular formula is C12H16ClFN2. The molecule has 1 fully saturated rings. The second kappa shape index (κ2) is 5.00. The first-order valence-corrected chi connectivity index (χ1v) is 6.14. The quantitative estimate of drug-likeness (QED) is 0.789. The van der Waals surface area contributed by atoms with E-state index in [1.54, 1.807) is 0 Å². The SMILES string of the molecule is CCC1CCCN(c2ncc(Cl)cc2F)C1. The van der Waals surface area contributed by atoms with Gasteiger partial charge in [-0.05, 0) is 24.8 Å². The molecule has 1 aromatic heterocycles. The van der Waals surface area contributed by atoms with Crippen molar-refractivity contribution in [1.82, 2.24) is 4.98 Å². The van der Waals surface area contributed by atoms with Crippen molar-refractivity contribution in [2.45, 2.75) is 26.2 Å². The standard InChI is InChI=1S/C12H16ClFN2/c1-2-9-4-3-5-16(8-9)12-11(14)6-10(13)7-15-12/h6-7,9H,2-5,8H2,1H3. The smallest absolute Gasteiger partial charge is 0.167 e. The molecule has 1 aromatic rings. The molecule has 0 saturated carbocycles. The van der Waals surface area contributed by atoms with Crippen LogP contribution in [0, 0.1) is 11.7 Å². The van der Waals surface area contributed by atoms with Gasteiger partial charge in [0.25, 0.3) is 0 Å². The lowest BCUT2D eigenvalue weighted by Gasteiger charge is -2.33. The molecule has 0 spiro atoms. The molecule has 4 heteroatoms. The lowest BCUT2D eigenvalue weighted by atomic mass is 9.96. The summed E-state index contributed by atoms with van der Waals surface area (Å²) in [4.78, 5) is 6.12. The molecule has 0 N–H and O–H groups in total. The van der Waals surface area contributed by atoms with Crippen LogP contribution in [0.2, 0.25) is 5.02 Å². The van der Waals surface area contributed by atoms with E-state index in [4.69, 9.17) is 11.6 Å². The van der Waals surface area contributed by atoms with E-state index in [2.05, 4.69) is 11.9 Å². The molecule has 2 heterocycles. The van der Waals surface area contributed by atoms with E-state index in [0.717, 1.165) is 25.9 Å². The number of pyridine rings is 1. The molecule has 0 aliphatic carbocycles. The molecule has 16 heavy (non-hydrogen) atoms. The van der Waals surface area contributed by atoms with E-state index < -0.39 is 0 Å². The highest BCUT2D eigenvalue weighted by molar-refractivity contribution is 6.30. The lowest BCUT2D eigenvalue weighted by Crippen LogP contribution is -2.36. The van der Waals surface area contributed by atoms with Crippen molar-refractivity contribution in [3.05, 3.63) is 23.1 Å². The van der Waals surface area contributed by atoms with Crippen LogP contribution < -0.4 is 4.90 Å². The van der Waals surface area contributed by atoms with Crippen molar-refractivity contribution in [2.75, 3.05) is 18.0 Å². The molecule has 0 radical (unpaired) electrons. The molecule has 0 bridgehead atoms. The van der Waals surface area contributed by atoms with Crippen molar-refractivity contribution in [3.63, 3.8) is 0 Å². The zero-order chi connectivity index (χ0) is 11.5. The number of halogens is 2. The van der Waals surface area contributed by atoms with Gasteiger partial charge in [-0.1, -0.05) is 24.9 Å². The molecule has 0 amide bonds. The Hall–Kier alpha value is -0.830. The highest BCUT2D eigenvalue weighted by atomic mass is 35.5. The third kappa shape index (κ3) is 2.46. The van der Waals surface area contributed by atoms with Gasteiger partial charge in [0.15, 0.2) is 11.6 Å². The number of nitrogens with zero attached hydrogens (tertiary/aromatic N) is 2. The molecule has 1 aliphatic heterocycles. The summed E-state index contributed by atoms with van der Waals surface area (Å²) in [6.45, 7) is 3.98. The summed E-state index contributed by atoms with van der Waals surface area (Å²) < 4.78 is 13.7. The molecule has 1 aliphatic rings. The Labute approximate surface area is 100 Å². The van der Waals surface area contributed by atoms with E-state index in [1.807, 2.05) is 4.90 Å². The average Bonchev–Trinajstić information content (AvgIpc) is 2.29. The summed E-state index contributed by atoms with van der Waals surface area (Å²) in [6, 6.07) is 1.33. The Morgan fingerprint density at radius 3 is 3.12 bits per heavy atom. The first-order valence-electron chi connectivity index (χ1n) is 5.76. The third-order valence-corrected chi connectivity index (χ3v) is 3.39. The largest absolute Gasteiger partial charge is 0.354 e. The number of hydrogen-bond donors (Lipinski definition) is 0. The zero-order valence-electron chi connectivity index (χ0n) is 9.42. The number of hydrogen-bond acceptors (Lipinski definition) is 2. The van der Waals surface area contributed by atoms with Crippen LogP contribution in [0.4, 0.5) is 10.2 Å². The number of rotatable bonds is 2. The molecular weight excluding hydrogens is 227 g/mol. The minimum absolute atomic E-state index is 0.316. The number of aromatic nitrogens is 1. The fourth-order valence-corrected chi connectivity index (χ4v) is 2.38. The van der Waals surface area contributed by atoms with Gasteiger partial charge in [-0.3, -0.25) is 0 Å². The van der Waals surface area contributed by atoms with Crippen LogP contribution in [0.25, 0.3) is 0 Å². The van der Waals surface area contributed by atoms with E-state index in [0.29, 0.717) is 16.8 Å². The Kier molecular flexibility index (Phi) is 3.64. The summed E-state index contributed by atoms with van der Waals surface area (Å²) in [5.74, 6) is 0.789. The first kappa shape index (κ1) is 11.6. The van der Waals surface area contributed by atoms with E-state index in [1.165, 1.54) is 18.7 Å². The monoisotopic (exact) mass is 242 g/mol. The van der Waals surface area contributed by atoms with Crippen LogP contribution in [0.15, 0.2) is 12.3 Å². The van der Waals surface area contributed by atoms with E-state index >= 15 is 0 Å². The maximum absolute atomic E-state index is 13.7. The summed E-state index contributed by atoms with van der Waals surface area (Å²) in [5.41, 5.74) is 0. The minimum atomic E-state index is -0.316. The lowest BCUT2D eigenvalue weighted by molar-refractivity contribution is 0.399. The van der Waals surface area contributed by atoms with Crippen molar-refractivity contribution < 1.29 is 4.39 Å². The van der Waals surface area contributed by atoms with Gasteiger partial charge in [0.1, 0.15) is 0 Å². The predicted molar refractivity (Wildman–Crippen MR) is 64.4 cm³/mol. The summed E-state index contributed by atoms with van der Waals surface area (Å²) in [5, 5.41) is 0.352. The van der Waals surface area contributed by atoms with Gasteiger partial charge in [0.05, 0.1) is 5.02 Å². The number of anilines is 1. The van der Waals surface area contributed by atoms with Crippen LogP contribution in [0.5, 0.6) is 0 Å². The second-order valence-electron chi connectivity index (χ2n) is 4.32. The van der Waals surface area contributed by atoms with Crippen molar-refractivity contribution in [3.8, 4) is 0 Å². The van der Waals surface area contributed by atoms with Crippen LogP contribution in [0.1, 0.15) is 26.2 Å². The fraction of sp³-hybridized carbons (Fsp3) is 0.583. The number of piperidine rings is 1. The Balaban J connectivity index is 2.16. The molecule has 1 atom stereocenters. The van der Waals surface area contributed by atoms with Crippen LogP contribution in [0.3, 0.4) is 0 Å². The van der Waals surface area contributed by atoms with Gasteiger partial charge in [0.2, 0.25) is 0 Å². The first-order chi connectivity index (χ1) is 7.70. The maximum atomic E-state index is 13.7. The minimum Gasteiger partial charge on any atom is -0.354 e. The summed E-state index contributed by atoms with van der Waals surface area (Å²) in [7, 11) is 0. The van der Waals surface area contributed by atoms with Gasteiger partial charge in [0, 0.05) is 19.3 Å². The topological polar surface area (TPSA) is 16.1 Å². The molecule has 2 nitrogen and oxygen atoms in total. The van der Waals surface area contributed by atoms with Crippen molar-refractivity contribution in [1.29, 1.82) is 0 Å². The fourth-order valence-electron chi connectivity index (χ4n) is 2.23. The Morgan fingerprint density at radius 1 is 1.62 bits per heavy atom. The maximum Gasteiger partial charge on any atom is 0.167 e. The molecule has 1 unspecified atom stereocenters. The molecule has 1 saturated heterocycles. The van der Waals surface area contributed by atoms with Crippen LogP contribution in [-0.4, -0.2) is 18.1 Å². The summed E-state index contributed by atoms with van der Waals surface area (Å²) >= 11 is 5.69. The van der Waals surface area contributed by atoms with Crippen molar-refractivity contribution in [2.24, 2.45) is 5.92 Å². The van der Waals surface area contributed by atoms with Gasteiger partial charge < -0.3 is 4.90 Å². The second-order valence-corrected chi connectivity index (χ2v) is 4.76. The van der Waals surface area contributed by atoms with E-state index in [-0.39, 0.29) is 5.82 Å². The van der Waals surface area contributed by atoms with Gasteiger partial charge in [-0.15, -0.1) is 0 Å².